The highest BCUT2D eigenvalue weighted by molar-refractivity contribution is 7.80. The number of carbonyl (C=O) groups is 1. The molecule has 38 heavy (non-hydrogen) atoms. The number of hydrogen-bond acceptors (Lipinski definition) is 6. The Kier molecular flexibility index (Phi) is 9.44. The van der Waals surface area contributed by atoms with Gasteiger partial charge in [-0.1, -0.05) is 30.3 Å². The summed E-state index contributed by atoms with van der Waals surface area (Å²) in [5.41, 5.74) is 1.18. The third-order valence-corrected chi connectivity index (χ3v) is 5.83. The molecule has 3 rings (SSSR count). The highest BCUT2D eigenvalue weighted by Crippen LogP contribution is 2.32. The molecule has 0 aliphatic rings. The van der Waals surface area contributed by atoms with Gasteiger partial charge in [0.15, 0.2) is 18.3 Å². The number of rotatable bonds is 9. The third-order valence-electron chi connectivity index (χ3n) is 4.58. The van der Waals surface area contributed by atoms with Crippen molar-refractivity contribution < 1.29 is 45.3 Å². The molecule has 0 aliphatic carbocycles. The number of nitrogens with one attached hydrogen (secondary N) is 2. The van der Waals surface area contributed by atoms with Crippen molar-refractivity contribution in [1.82, 2.24) is 0 Å². The lowest BCUT2D eigenvalue weighted by atomic mass is 10.1. The first kappa shape index (κ1) is 29.0. The molecule has 0 radical (unpaired) electrons. The summed E-state index contributed by atoms with van der Waals surface area (Å²) in [7, 11) is 1.21. The molecule has 0 unspecified atom stereocenters. The Labute approximate surface area is 222 Å². The minimum atomic E-state index is -4.67. The van der Waals surface area contributed by atoms with Crippen LogP contribution in [0.2, 0.25) is 0 Å². The van der Waals surface area contributed by atoms with E-state index in [-0.39, 0.29) is 16.4 Å². The minimum Gasteiger partial charge on any atom is -0.484 e. The Hall–Kier alpha value is -3.52. The zero-order valence-corrected chi connectivity index (χ0v) is 21.2. The summed E-state index contributed by atoms with van der Waals surface area (Å²) < 4.78 is 89.6. The summed E-state index contributed by atoms with van der Waals surface area (Å²) in [5, 5.41) is 5.72. The summed E-state index contributed by atoms with van der Waals surface area (Å²) in [4.78, 5) is 13.1. The quantitative estimate of drug-likeness (QED) is 0.164. The Morgan fingerprint density at radius 3 is 2.00 bits per heavy atom. The van der Waals surface area contributed by atoms with E-state index in [1.807, 2.05) is 30.3 Å². The Morgan fingerprint density at radius 1 is 0.895 bits per heavy atom. The average Bonchev–Trinajstić information content (AvgIpc) is 3.22. The molecule has 0 amide bonds. The van der Waals surface area contributed by atoms with E-state index < -0.39 is 43.0 Å². The van der Waals surface area contributed by atoms with E-state index in [4.69, 9.17) is 17.0 Å². The molecule has 14 heteroatoms. The van der Waals surface area contributed by atoms with Gasteiger partial charge in [-0.25, -0.2) is 4.79 Å². The second-order valence-electron chi connectivity index (χ2n) is 7.69. The summed E-state index contributed by atoms with van der Waals surface area (Å²) in [5.74, 6) is -1.43. The predicted octanol–water partition coefficient (Wildman–Crippen LogP) is 6.82. The number of thiophene rings is 1. The maximum absolute atomic E-state index is 12.6. The predicted molar refractivity (Wildman–Crippen MR) is 134 cm³/mol. The molecule has 0 atom stereocenters. The van der Waals surface area contributed by atoms with Gasteiger partial charge in [-0.2, -0.15) is 26.3 Å². The van der Waals surface area contributed by atoms with Crippen LogP contribution >= 0.6 is 23.6 Å². The van der Waals surface area contributed by atoms with Crippen LogP contribution in [0.4, 0.5) is 37.0 Å². The largest absolute Gasteiger partial charge is 0.484 e. The molecule has 0 saturated heterocycles. The van der Waals surface area contributed by atoms with Crippen molar-refractivity contribution in [1.29, 1.82) is 0 Å². The Morgan fingerprint density at radius 2 is 1.47 bits per heavy atom. The number of carbonyl (C=O) groups excluding carboxylic acids is 1. The molecule has 2 aromatic carbocycles. The summed E-state index contributed by atoms with van der Waals surface area (Å²) in [6.45, 7) is -3.33. The summed E-state index contributed by atoms with van der Waals surface area (Å²) in [6.07, 6.45) is -8.82. The Balaban J connectivity index is 1.80. The van der Waals surface area contributed by atoms with E-state index in [9.17, 15) is 31.1 Å². The molecule has 0 fully saturated rings. The van der Waals surface area contributed by atoms with Crippen LogP contribution < -0.4 is 20.1 Å². The smallest absolute Gasteiger partial charge is 0.422 e. The SMILES string of the molecule is COC(=O)c1cc(Cc2ccccc2)sc1NC(=S)Nc1cc(OCC(F)(F)F)cc(OCC(F)(F)F)c1. The van der Waals surface area contributed by atoms with Crippen molar-refractivity contribution in [3.05, 3.63) is 70.6 Å². The fourth-order valence-corrected chi connectivity index (χ4v) is 4.45. The fourth-order valence-electron chi connectivity index (χ4n) is 3.09. The van der Waals surface area contributed by atoms with Crippen LogP contribution in [0.25, 0.3) is 0 Å². The molecular formula is C24H20F6N2O4S2. The van der Waals surface area contributed by atoms with E-state index >= 15 is 0 Å². The number of ether oxygens (including phenoxy) is 3. The third kappa shape index (κ3) is 9.41. The molecule has 1 heterocycles. The van der Waals surface area contributed by atoms with E-state index in [1.54, 1.807) is 6.07 Å². The molecule has 2 N–H and O–H groups in total. The van der Waals surface area contributed by atoms with Gasteiger partial charge in [0, 0.05) is 35.2 Å². The van der Waals surface area contributed by atoms with Crippen molar-refractivity contribution in [2.75, 3.05) is 31.0 Å². The monoisotopic (exact) mass is 578 g/mol. The minimum absolute atomic E-state index is 0.0139. The van der Waals surface area contributed by atoms with Crippen molar-refractivity contribution in [3.8, 4) is 11.5 Å². The number of anilines is 2. The van der Waals surface area contributed by atoms with Gasteiger partial charge >= 0.3 is 18.3 Å². The molecular weight excluding hydrogens is 558 g/mol. The van der Waals surface area contributed by atoms with Gasteiger partial charge in [-0.3, -0.25) is 0 Å². The molecule has 204 valence electrons. The van der Waals surface area contributed by atoms with Crippen LogP contribution in [0.5, 0.6) is 11.5 Å². The normalized spacial score (nSPS) is 11.6. The number of alkyl halides is 6. The molecule has 0 aliphatic heterocycles. The standard InChI is InChI=1S/C24H20F6N2O4S2/c1-34-21(33)19-11-18(7-14-5-3-2-4-6-14)38-20(19)32-22(37)31-15-8-16(35-12-23(25,26)27)10-17(9-15)36-13-24(28,29)30/h2-6,8-11H,7,12-13H2,1H3,(H2,31,32,37). The molecule has 0 saturated carbocycles. The van der Waals surface area contributed by atoms with Gasteiger partial charge < -0.3 is 24.8 Å². The summed E-state index contributed by atoms with van der Waals surface area (Å²) >= 11 is 6.49. The van der Waals surface area contributed by atoms with E-state index in [0.717, 1.165) is 28.6 Å². The van der Waals surface area contributed by atoms with Crippen molar-refractivity contribution in [2.45, 2.75) is 18.8 Å². The molecule has 3 aromatic rings. The number of halogens is 6. The molecule has 0 spiro atoms. The van der Waals surface area contributed by atoms with Gasteiger partial charge in [-0.05, 0) is 23.8 Å². The van der Waals surface area contributed by atoms with Crippen molar-refractivity contribution in [2.24, 2.45) is 0 Å². The first-order chi connectivity index (χ1) is 17.8. The van der Waals surface area contributed by atoms with Crippen LogP contribution in [0.3, 0.4) is 0 Å². The number of thiocarbonyl (C=S) groups is 1. The van der Waals surface area contributed by atoms with Crippen molar-refractivity contribution >= 4 is 45.3 Å². The number of hydrogen-bond donors (Lipinski definition) is 2. The van der Waals surface area contributed by atoms with Crippen LogP contribution in [-0.4, -0.2) is 43.8 Å². The number of benzene rings is 2. The van der Waals surface area contributed by atoms with Crippen molar-refractivity contribution in [3.63, 3.8) is 0 Å². The van der Waals surface area contributed by atoms with Gasteiger partial charge in [-0.15, -0.1) is 11.3 Å². The zero-order chi connectivity index (χ0) is 27.9. The second-order valence-corrected chi connectivity index (χ2v) is 9.23. The van der Waals surface area contributed by atoms with E-state index in [2.05, 4.69) is 20.1 Å². The lowest BCUT2D eigenvalue weighted by molar-refractivity contribution is -0.153. The molecule has 6 nitrogen and oxygen atoms in total. The van der Waals surface area contributed by atoms with Crippen LogP contribution in [0.1, 0.15) is 20.8 Å². The maximum Gasteiger partial charge on any atom is 0.422 e. The van der Waals surface area contributed by atoms with Gasteiger partial charge in [0.2, 0.25) is 0 Å². The highest BCUT2D eigenvalue weighted by Gasteiger charge is 2.30. The van der Waals surface area contributed by atoms with Gasteiger partial charge in [0.1, 0.15) is 16.5 Å². The topological polar surface area (TPSA) is 68.8 Å². The fraction of sp³-hybridized carbons (Fsp3) is 0.250. The van der Waals surface area contributed by atoms with Gasteiger partial charge in [0.05, 0.1) is 12.7 Å². The summed E-state index contributed by atoms with van der Waals surface area (Å²) in [6, 6.07) is 14.2. The molecule has 1 aromatic heterocycles. The zero-order valence-electron chi connectivity index (χ0n) is 19.5. The maximum atomic E-state index is 12.6. The highest BCUT2D eigenvalue weighted by atomic mass is 32.1. The lowest BCUT2D eigenvalue weighted by Gasteiger charge is -2.16. The average molecular weight is 579 g/mol. The van der Waals surface area contributed by atoms with Gasteiger partial charge in [0.25, 0.3) is 0 Å². The van der Waals surface area contributed by atoms with Crippen LogP contribution in [-0.2, 0) is 11.2 Å². The van der Waals surface area contributed by atoms with E-state index in [1.165, 1.54) is 18.4 Å². The van der Waals surface area contributed by atoms with Crippen LogP contribution in [0.15, 0.2) is 54.6 Å². The number of methoxy groups -OCH3 is 1. The van der Waals surface area contributed by atoms with E-state index in [0.29, 0.717) is 11.4 Å². The lowest BCUT2D eigenvalue weighted by Crippen LogP contribution is -2.22. The second kappa shape index (κ2) is 12.3. The first-order valence-corrected chi connectivity index (χ1v) is 11.9. The van der Waals surface area contributed by atoms with Crippen LogP contribution in [0, 0.1) is 0 Å². The first-order valence-electron chi connectivity index (χ1n) is 10.7. The Bertz CT molecular complexity index is 1230. The number of esters is 1. The molecule has 0 bridgehead atoms.